The number of carbonyl (C=O) groups is 1. The summed E-state index contributed by atoms with van der Waals surface area (Å²) in [7, 11) is 0. The van der Waals surface area contributed by atoms with Crippen LogP contribution in [0.1, 0.15) is 62.1 Å². The van der Waals surface area contributed by atoms with Gasteiger partial charge in [-0.05, 0) is 66.8 Å². The van der Waals surface area contributed by atoms with E-state index in [1.54, 1.807) is 22.8 Å². The lowest BCUT2D eigenvalue weighted by molar-refractivity contribution is -0.137. The van der Waals surface area contributed by atoms with Gasteiger partial charge in [-0.25, -0.2) is 4.98 Å². The molecule has 5 nitrogen and oxygen atoms in total. The number of hydrogen-bond acceptors (Lipinski definition) is 5. The third-order valence-electron chi connectivity index (χ3n) is 8.44. The Bertz CT molecular complexity index is 1660. The normalized spacial score (nSPS) is 16.3. The Labute approximate surface area is 251 Å². The molecule has 0 radical (unpaired) electrons. The fourth-order valence-corrected chi connectivity index (χ4v) is 7.67. The van der Waals surface area contributed by atoms with Crippen molar-refractivity contribution in [2.24, 2.45) is 11.3 Å². The Morgan fingerprint density at radius 1 is 1.17 bits per heavy atom. The molecule has 1 aliphatic rings. The van der Waals surface area contributed by atoms with Crippen molar-refractivity contribution in [1.82, 2.24) is 9.55 Å². The smallest absolute Gasteiger partial charge is 0.325 e. The van der Waals surface area contributed by atoms with E-state index in [2.05, 4.69) is 26.1 Å². The van der Waals surface area contributed by atoms with Gasteiger partial charge < -0.3 is 5.32 Å². The zero-order chi connectivity index (χ0) is 30.2. The van der Waals surface area contributed by atoms with E-state index in [9.17, 15) is 22.8 Å². The molecule has 4 aromatic rings. The monoisotopic (exact) mass is 613 g/mol. The summed E-state index contributed by atoms with van der Waals surface area (Å²) < 4.78 is 41.1. The first-order valence-corrected chi connectivity index (χ1v) is 15.8. The van der Waals surface area contributed by atoms with Crippen molar-refractivity contribution >= 4 is 44.9 Å². The Morgan fingerprint density at radius 3 is 2.60 bits per heavy atom. The maximum absolute atomic E-state index is 14.1. The van der Waals surface area contributed by atoms with E-state index in [0.29, 0.717) is 27.8 Å². The molecule has 2 atom stereocenters. The number of aryl methyl sites for hydroxylation is 1. The molecule has 0 saturated heterocycles. The van der Waals surface area contributed by atoms with E-state index in [1.807, 2.05) is 30.3 Å². The summed E-state index contributed by atoms with van der Waals surface area (Å²) in [5.74, 6) is 0.0538. The van der Waals surface area contributed by atoms with Crippen LogP contribution in [0.5, 0.6) is 0 Å². The molecule has 1 aliphatic carbocycles. The number of benzene rings is 2. The van der Waals surface area contributed by atoms with Crippen LogP contribution in [-0.2, 0) is 30.4 Å². The maximum atomic E-state index is 14.1. The topological polar surface area (TPSA) is 64.0 Å². The molecular weight excluding hydrogens is 579 g/mol. The number of thiophene rings is 1. The highest BCUT2D eigenvalue weighted by Gasteiger charge is 2.34. The predicted octanol–water partition coefficient (Wildman–Crippen LogP) is 8.19. The predicted molar refractivity (Wildman–Crippen MR) is 164 cm³/mol. The van der Waals surface area contributed by atoms with Crippen LogP contribution >= 0.6 is 23.1 Å². The average Bonchev–Trinajstić information content (AvgIpc) is 3.33. The van der Waals surface area contributed by atoms with E-state index in [0.717, 1.165) is 60.7 Å². The summed E-state index contributed by atoms with van der Waals surface area (Å²) in [5.41, 5.74) is 1.33. The molecular formula is C32H34F3N3O2S2. The molecule has 42 heavy (non-hydrogen) atoms. The van der Waals surface area contributed by atoms with Gasteiger partial charge in [-0.3, -0.25) is 14.2 Å². The number of nitrogens with zero attached hydrogens (tertiary/aromatic N) is 2. The van der Waals surface area contributed by atoms with E-state index < -0.39 is 22.9 Å². The van der Waals surface area contributed by atoms with E-state index in [-0.39, 0.29) is 16.7 Å². The van der Waals surface area contributed by atoms with E-state index in [1.165, 1.54) is 17.0 Å². The van der Waals surface area contributed by atoms with Gasteiger partial charge in [-0.15, -0.1) is 11.3 Å². The van der Waals surface area contributed by atoms with Crippen LogP contribution in [0, 0.1) is 11.3 Å². The number of aromatic nitrogens is 2. The van der Waals surface area contributed by atoms with Gasteiger partial charge in [0.05, 0.1) is 22.7 Å². The standard InChI is InChI=1S/C32H34F3N3O2S2/c1-5-31(3,4)21-14-15-24-25(17-21)42-28-26(24)29(40)38(18-20-10-7-6-8-11-20)30(37-28)41-19(2)27(39)36-23-13-9-12-22(16-23)32(33,34)35/h6-13,16,19,21H,5,14-15,17-18H2,1-4H3,(H,36,39)/t19-,21-/m1/s1. The number of anilines is 1. The van der Waals surface area contributed by atoms with Crippen LogP contribution in [-0.4, -0.2) is 20.7 Å². The van der Waals surface area contributed by atoms with E-state index >= 15 is 0 Å². The Kier molecular flexibility index (Phi) is 8.58. The molecule has 0 saturated carbocycles. The minimum atomic E-state index is -4.51. The summed E-state index contributed by atoms with van der Waals surface area (Å²) in [5, 5.41) is 2.94. The number of hydrogen-bond donors (Lipinski definition) is 1. The molecule has 0 fully saturated rings. The van der Waals surface area contributed by atoms with Crippen molar-refractivity contribution in [2.45, 2.75) is 76.5 Å². The van der Waals surface area contributed by atoms with Crippen LogP contribution in [0.25, 0.3) is 10.2 Å². The lowest BCUT2D eigenvalue weighted by atomic mass is 9.70. The van der Waals surface area contributed by atoms with Gasteiger partial charge in [-0.2, -0.15) is 13.2 Å². The zero-order valence-corrected chi connectivity index (χ0v) is 25.7. The molecule has 2 aromatic carbocycles. The van der Waals surface area contributed by atoms with Crippen LogP contribution in [0.2, 0.25) is 0 Å². The van der Waals surface area contributed by atoms with Gasteiger partial charge in [0, 0.05) is 10.6 Å². The first kappa shape index (κ1) is 30.4. The second kappa shape index (κ2) is 11.9. The summed E-state index contributed by atoms with van der Waals surface area (Å²) in [6.07, 6.45) is -0.635. The van der Waals surface area contributed by atoms with Gasteiger partial charge in [-0.1, -0.05) is 75.4 Å². The first-order chi connectivity index (χ1) is 19.9. The molecule has 5 rings (SSSR count). The molecule has 2 heterocycles. The largest absolute Gasteiger partial charge is 0.416 e. The number of halogens is 3. The summed E-state index contributed by atoms with van der Waals surface area (Å²) in [6, 6.07) is 14.2. The molecule has 222 valence electrons. The molecule has 10 heteroatoms. The highest BCUT2D eigenvalue weighted by Crippen LogP contribution is 2.44. The minimum absolute atomic E-state index is 0.0582. The molecule has 0 spiro atoms. The van der Waals surface area contributed by atoms with Crippen molar-refractivity contribution in [3.8, 4) is 0 Å². The second-order valence-electron chi connectivity index (χ2n) is 11.6. The fourth-order valence-electron chi connectivity index (χ4n) is 5.42. The van der Waals surface area contributed by atoms with Crippen molar-refractivity contribution in [1.29, 1.82) is 0 Å². The average molecular weight is 614 g/mol. The molecule has 1 amide bonds. The highest BCUT2D eigenvalue weighted by atomic mass is 32.2. The lowest BCUT2D eigenvalue weighted by Gasteiger charge is -2.36. The summed E-state index contributed by atoms with van der Waals surface area (Å²) in [6.45, 7) is 8.79. The second-order valence-corrected chi connectivity index (χ2v) is 14.0. The van der Waals surface area contributed by atoms with Crippen LogP contribution < -0.4 is 10.9 Å². The highest BCUT2D eigenvalue weighted by molar-refractivity contribution is 8.00. The number of nitrogens with one attached hydrogen (secondary N) is 1. The maximum Gasteiger partial charge on any atom is 0.416 e. The molecule has 0 aliphatic heterocycles. The quantitative estimate of drug-likeness (QED) is 0.161. The van der Waals surface area contributed by atoms with Gasteiger partial charge >= 0.3 is 6.18 Å². The Hall–Kier alpha value is -3.11. The lowest BCUT2D eigenvalue weighted by Crippen LogP contribution is -2.29. The van der Waals surface area contributed by atoms with Crippen molar-refractivity contribution < 1.29 is 18.0 Å². The molecule has 1 N–H and O–H groups in total. The van der Waals surface area contributed by atoms with Crippen molar-refractivity contribution in [3.63, 3.8) is 0 Å². The number of fused-ring (bicyclic) bond motifs is 3. The van der Waals surface area contributed by atoms with Crippen LogP contribution in [0.4, 0.5) is 18.9 Å². The van der Waals surface area contributed by atoms with Gasteiger partial charge in [0.2, 0.25) is 5.91 Å². The van der Waals surface area contributed by atoms with E-state index in [4.69, 9.17) is 4.98 Å². The number of thioether (sulfide) groups is 1. The zero-order valence-electron chi connectivity index (χ0n) is 24.0. The SMILES string of the molecule is CCC(C)(C)[C@@H]1CCc2c(sc3nc(S[C@H](C)C(=O)Nc4cccc(C(F)(F)F)c4)n(Cc4ccccc4)c(=O)c23)C1. The third-order valence-corrected chi connectivity index (χ3v) is 10.7. The Balaban J connectivity index is 1.49. The molecule has 0 unspecified atom stereocenters. The minimum Gasteiger partial charge on any atom is -0.325 e. The number of rotatable bonds is 8. The molecule has 0 bridgehead atoms. The third kappa shape index (κ3) is 6.29. The fraction of sp³-hybridized carbons (Fsp3) is 0.406. The first-order valence-electron chi connectivity index (χ1n) is 14.1. The number of amides is 1. The Morgan fingerprint density at radius 2 is 1.90 bits per heavy atom. The van der Waals surface area contributed by atoms with Gasteiger partial charge in [0.1, 0.15) is 4.83 Å². The van der Waals surface area contributed by atoms with Gasteiger partial charge in [0.25, 0.3) is 5.56 Å². The summed E-state index contributed by atoms with van der Waals surface area (Å²) in [4.78, 5) is 34.0. The van der Waals surface area contributed by atoms with Crippen LogP contribution in [0.15, 0.2) is 64.5 Å². The number of alkyl halides is 3. The van der Waals surface area contributed by atoms with Crippen molar-refractivity contribution in [2.75, 3.05) is 5.32 Å². The molecule has 2 aromatic heterocycles. The van der Waals surface area contributed by atoms with Crippen LogP contribution in [0.3, 0.4) is 0 Å². The number of carbonyl (C=O) groups excluding carboxylic acids is 1. The summed E-state index contributed by atoms with van der Waals surface area (Å²) >= 11 is 2.70. The van der Waals surface area contributed by atoms with Gasteiger partial charge in [0.15, 0.2) is 5.16 Å². The van der Waals surface area contributed by atoms with Crippen molar-refractivity contribution in [3.05, 3.63) is 86.5 Å².